The van der Waals surface area contributed by atoms with E-state index in [-0.39, 0.29) is 36.3 Å². The van der Waals surface area contributed by atoms with Crippen LogP contribution in [0, 0.1) is 20.8 Å². The number of anilines is 2. The lowest BCUT2D eigenvalue weighted by Gasteiger charge is -2.40. The topological polar surface area (TPSA) is 134 Å². The molecule has 0 spiro atoms. The zero-order chi connectivity index (χ0) is 41.8. The number of nitrogens with one attached hydrogen (secondary N) is 2. The highest BCUT2D eigenvalue weighted by molar-refractivity contribution is 7.99. The monoisotopic (exact) mass is 832 g/mol. The fraction of sp³-hybridized carbons (Fsp3) is 0.378. The lowest BCUT2D eigenvalue weighted by Crippen LogP contribution is -2.44. The van der Waals surface area contributed by atoms with Crippen molar-refractivity contribution in [1.82, 2.24) is 25.0 Å². The van der Waals surface area contributed by atoms with Crippen molar-refractivity contribution in [1.29, 1.82) is 0 Å². The molecule has 3 atom stereocenters. The van der Waals surface area contributed by atoms with Gasteiger partial charge in [0.15, 0.2) is 5.82 Å². The maximum Gasteiger partial charge on any atom is 0.308 e. The van der Waals surface area contributed by atoms with Crippen LogP contribution in [0.1, 0.15) is 94.3 Å². The number of aryl methyl sites for hydroxylation is 2. The summed E-state index contributed by atoms with van der Waals surface area (Å²) in [6.07, 6.45) is 1.33. The van der Waals surface area contributed by atoms with Gasteiger partial charge in [0.25, 0.3) is 5.91 Å². The van der Waals surface area contributed by atoms with E-state index >= 15 is 0 Å². The third kappa shape index (κ3) is 9.14. The Hall–Kier alpha value is -5.31. The van der Waals surface area contributed by atoms with Crippen LogP contribution in [0.4, 0.5) is 11.4 Å². The summed E-state index contributed by atoms with van der Waals surface area (Å²) in [6.45, 7) is 11.5. The molecule has 0 saturated carbocycles. The number of rotatable bonds is 14. The molecule has 0 bridgehead atoms. The second-order valence-electron chi connectivity index (χ2n) is 15.3. The summed E-state index contributed by atoms with van der Waals surface area (Å²) in [5, 5.41) is 16.6. The minimum atomic E-state index is -0.603. The minimum absolute atomic E-state index is 0.0264. The first-order valence-corrected chi connectivity index (χ1v) is 21.9. The van der Waals surface area contributed by atoms with Crippen LogP contribution in [0.3, 0.4) is 0 Å². The third-order valence-corrected chi connectivity index (χ3v) is 13.0. The SMILES string of the molecule is CCC(=O)N1c2ccccc2[C@H](Nc2ccc(SCCNC(=O)c3ccc(C4=N[C@@H](CC(=O)OCCN(C)C)c5nnc(C)n5-c5sc(C)c(C)c54)cc3)cc2)C[C@@H]1C. The predicted octanol–water partition coefficient (Wildman–Crippen LogP) is 7.85. The molecule has 5 aromatic rings. The van der Waals surface area contributed by atoms with Gasteiger partial charge in [0.05, 0.1) is 18.2 Å². The molecule has 0 saturated heterocycles. The fourth-order valence-corrected chi connectivity index (χ4v) is 9.63. The van der Waals surface area contributed by atoms with E-state index in [9.17, 15) is 14.4 Å². The van der Waals surface area contributed by atoms with Gasteiger partial charge in [-0.1, -0.05) is 37.3 Å². The van der Waals surface area contributed by atoms with Crippen LogP contribution in [0.5, 0.6) is 0 Å². The number of hydrogen-bond donors (Lipinski definition) is 2. The van der Waals surface area contributed by atoms with Gasteiger partial charge in [-0.15, -0.1) is 33.3 Å². The zero-order valence-corrected chi connectivity index (χ0v) is 36.4. The van der Waals surface area contributed by atoms with Crippen molar-refractivity contribution in [2.45, 2.75) is 76.9 Å². The Morgan fingerprint density at radius 2 is 1.73 bits per heavy atom. The number of nitrogens with zero attached hydrogens (tertiary/aromatic N) is 6. The molecule has 59 heavy (non-hydrogen) atoms. The average molecular weight is 833 g/mol. The number of benzene rings is 3. The number of amides is 2. The number of thioether (sulfide) groups is 1. The molecule has 2 aliphatic heterocycles. The van der Waals surface area contributed by atoms with Crippen LogP contribution in [0.25, 0.3) is 5.00 Å². The van der Waals surface area contributed by atoms with E-state index in [1.807, 2.05) is 84.8 Å². The van der Waals surface area contributed by atoms with Crippen LogP contribution < -0.4 is 15.5 Å². The maximum atomic E-state index is 13.3. The molecular formula is C45H52N8O4S2. The van der Waals surface area contributed by atoms with Crippen LogP contribution in [-0.2, 0) is 14.3 Å². The van der Waals surface area contributed by atoms with Crippen LogP contribution in [0.2, 0.25) is 0 Å². The van der Waals surface area contributed by atoms with Crippen molar-refractivity contribution in [2.24, 2.45) is 4.99 Å². The number of aromatic nitrogens is 3. The molecule has 3 aromatic carbocycles. The number of carbonyl (C=O) groups excluding carboxylic acids is 3. The number of para-hydroxylation sites is 1. The molecule has 2 amide bonds. The lowest BCUT2D eigenvalue weighted by molar-refractivity contribution is -0.144. The molecule has 308 valence electrons. The molecule has 2 aromatic heterocycles. The molecule has 2 aliphatic rings. The van der Waals surface area contributed by atoms with Gasteiger partial charge in [0.1, 0.15) is 23.5 Å². The van der Waals surface area contributed by atoms with Gasteiger partial charge in [-0.05, 0) is 102 Å². The van der Waals surface area contributed by atoms with E-state index in [2.05, 4.69) is 71.9 Å². The number of hydrogen-bond acceptors (Lipinski definition) is 11. The quantitative estimate of drug-likeness (QED) is 0.0652. The second kappa shape index (κ2) is 18.3. The van der Waals surface area contributed by atoms with Crippen molar-refractivity contribution in [3.05, 3.63) is 117 Å². The number of thiophene rings is 1. The molecule has 0 unspecified atom stereocenters. The van der Waals surface area contributed by atoms with Crippen LogP contribution >= 0.6 is 23.1 Å². The highest BCUT2D eigenvalue weighted by Crippen LogP contribution is 2.41. The summed E-state index contributed by atoms with van der Waals surface area (Å²) < 4.78 is 7.58. The van der Waals surface area contributed by atoms with Gasteiger partial charge in [0, 0.05) is 69.1 Å². The van der Waals surface area contributed by atoms with E-state index < -0.39 is 6.04 Å². The third-order valence-electron chi connectivity index (χ3n) is 10.8. The van der Waals surface area contributed by atoms with Crippen LogP contribution in [-0.4, -0.2) is 88.7 Å². The average Bonchev–Trinajstić information content (AvgIpc) is 3.71. The Bertz CT molecular complexity index is 2350. The van der Waals surface area contributed by atoms with E-state index in [4.69, 9.17) is 9.73 Å². The number of fused-ring (bicyclic) bond motifs is 4. The molecule has 0 aliphatic carbocycles. The fourth-order valence-electron chi connectivity index (χ4n) is 7.65. The largest absolute Gasteiger partial charge is 0.464 e. The standard InChI is InChI=1S/C45H52N8O4S2/c1-8-39(54)52-27(2)25-36(35-11-9-10-12-38(35)52)47-33-17-19-34(20-18-33)58-24-21-46-44(56)32-15-13-31(14-16-32)42-41-28(3)29(4)59-45(41)53-30(5)49-50-43(53)37(48-42)26-40(55)57-23-22-51(6)7/h9-20,27,36-37,47H,8,21-26H2,1-7H3,(H,46,56)/t27-,36+,37-/m0/s1. The first-order valence-electron chi connectivity index (χ1n) is 20.1. The van der Waals surface area contributed by atoms with E-state index in [1.165, 1.54) is 0 Å². The summed E-state index contributed by atoms with van der Waals surface area (Å²) in [5.41, 5.74) is 7.36. The van der Waals surface area contributed by atoms with Gasteiger partial charge in [-0.3, -0.25) is 23.9 Å². The Balaban J connectivity index is 0.976. The van der Waals surface area contributed by atoms with Gasteiger partial charge >= 0.3 is 5.97 Å². The predicted molar refractivity (Wildman–Crippen MR) is 237 cm³/mol. The second-order valence-corrected chi connectivity index (χ2v) is 17.7. The van der Waals surface area contributed by atoms with Crippen molar-refractivity contribution >= 4 is 58.0 Å². The van der Waals surface area contributed by atoms with Gasteiger partial charge in [0.2, 0.25) is 5.91 Å². The summed E-state index contributed by atoms with van der Waals surface area (Å²) in [7, 11) is 3.87. The van der Waals surface area contributed by atoms with E-state index in [0.717, 1.165) is 66.4 Å². The highest BCUT2D eigenvalue weighted by Gasteiger charge is 2.34. The summed E-state index contributed by atoms with van der Waals surface area (Å²) in [5.74, 6) is 1.69. The minimum Gasteiger partial charge on any atom is -0.464 e. The normalized spacial score (nSPS) is 17.1. The number of ether oxygens (including phenoxy) is 1. The molecule has 14 heteroatoms. The summed E-state index contributed by atoms with van der Waals surface area (Å²) >= 11 is 3.34. The van der Waals surface area contributed by atoms with Gasteiger partial charge in [-0.2, -0.15) is 0 Å². The number of likely N-dealkylation sites (N-methyl/N-ethyl adjacent to an activating group) is 1. The smallest absolute Gasteiger partial charge is 0.308 e. The zero-order valence-electron chi connectivity index (χ0n) is 34.7. The Labute approximate surface area is 354 Å². The van der Waals surface area contributed by atoms with E-state index in [0.29, 0.717) is 43.3 Å². The maximum absolute atomic E-state index is 13.3. The molecule has 4 heterocycles. The lowest BCUT2D eigenvalue weighted by atomic mass is 9.91. The van der Waals surface area contributed by atoms with Crippen molar-refractivity contribution in [3.8, 4) is 5.00 Å². The molecule has 12 nitrogen and oxygen atoms in total. The number of carbonyl (C=O) groups is 3. The van der Waals surface area contributed by atoms with Crippen LogP contribution in [0.15, 0.2) is 82.7 Å². The Morgan fingerprint density at radius 3 is 2.46 bits per heavy atom. The Kier molecular flexibility index (Phi) is 13.0. The number of aliphatic imine (C=N–C) groups is 1. The van der Waals surface area contributed by atoms with Crippen molar-refractivity contribution in [2.75, 3.05) is 49.8 Å². The molecule has 2 N–H and O–H groups in total. The summed E-state index contributed by atoms with van der Waals surface area (Å²) in [4.78, 5) is 50.4. The highest BCUT2D eigenvalue weighted by atomic mass is 32.2. The van der Waals surface area contributed by atoms with Crippen molar-refractivity contribution in [3.63, 3.8) is 0 Å². The van der Waals surface area contributed by atoms with Gasteiger partial charge < -0.3 is 25.2 Å². The number of esters is 1. The summed E-state index contributed by atoms with van der Waals surface area (Å²) in [6, 6.07) is 23.6. The van der Waals surface area contributed by atoms with E-state index in [1.54, 1.807) is 23.1 Å². The Morgan fingerprint density at radius 1 is 0.983 bits per heavy atom. The van der Waals surface area contributed by atoms with Gasteiger partial charge in [-0.25, -0.2) is 0 Å². The first kappa shape index (κ1) is 41.8. The van der Waals surface area contributed by atoms with Crippen molar-refractivity contribution < 1.29 is 19.1 Å². The molecular weight excluding hydrogens is 781 g/mol. The molecule has 7 rings (SSSR count). The first-order chi connectivity index (χ1) is 28.4. The molecule has 0 fully saturated rings. The molecule has 0 radical (unpaired) electrons.